The molecule has 140 valence electrons. The molecule has 3 aliphatic rings. The molecule has 0 N–H and O–H groups in total. The molecule has 4 rings (SSSR count). The molecule has 0 aromatic carbocycles. The van der Waals surface area contributed by atoms with Gasteiger partial charge in [0.25, 0.3) is 0 Å². The van der Waals surface area contributed by atoms with Crippen molar-refractivity contribution in [2.75, 3.05) is 46.0 Å². The number of furan rings is 1. The molecule has 0 radical (unpaired) electrons. The third-order valence-corrected chi connectivity index (χ3v) is 6.11. The van der Waals surface area contributed by atoms with Crippen LogP contribution in [-0.4, -0.2) is 67.9 Å². The molecule has 0 unspecified atom stereocenters. The molecule has 1 aromatic heterocycles. The second kappa shape index (κ2) is 8.21. The molecule has 5 heteroatoms. The number of nitrogens with zero attached hydrogens (tertiary/aromatic N) is 2. The molecule has 3 aliphatic heterocycles. The van der Waals surface area contributed by atoms with Crippen LogP contribution in [0.1, 0.15) is 37.7 Å². The number of aryl methyl sites for hydroxylation is 1. The molecule has 3 fully saturated rings. The first-order chi connectivity index (χ1) is 12.3. The van der Waals surface area contributed by atoms with Gasteiger partial charge in [-0.1, -0.05) is 6.92 Å². The van der Waals surface area contributed by atoms with E-state index in [0.717, 1.165) is 63.9 Å². The minimum atomic E-state index is 0.374. The van der Waals surface area contributed by atoms with Gasteiger partial charge in [0, 0.05) is 51.2 Å². The van der Waals surface area contributed by atoms with Gasteiger partial charge in [-0.05, 0) is 37.9 Å². The van der Waals surface area contributed by atoms with Gasteiger partial charge in [0.1, 0.15) is 11.5 Å². The lowest BCUT2D eigenvalue weighted by molar-refractivity contribution is -0.0260. The zero-order valence-corrected chi connectivity index (χ0v) is 15.5. The summed E-state index contributed by atoms with van der Waals surface area (Å²) in [6.07, 6.45) is 4.93. The number of rotatable bonds is 4. The fourth-order valence-corrected chi connectivity index (χ4v) is 4.58. The van der Waals surface area contributed by atoms with Gasteiger partial charge < -0.3 is 13.9 Å². The zero-order valence-electron chi connectivity index (χ0n) is 15.5. The van der Waals surface area contributed by atoms with E-state index in [9.17, 15) is 0 Å². The largest absolute Gasteiger partial charge is 0.465 e. The molecule has 0 bridgehead atoms. The van der Waals surface area contributed by atoms with Gasteiger partial charge in [0.2, 0.25) is 0 Å². The van der Waals surface area contributed by atoms with E-state index in [0.29, 0.717) is 18.1 Å². The molecule has 5 nitrogen and oxygen atoms in total. The Labute approximate surface area is 151 Å². The van der Waals surface area contributed by atoms with Crippen LogP contribution >= 0.6 is 0 Å². The van der Waals surface area contributed by atoms with Gasteiger partial charge in [-0.2, -0.15) is 0 Å². The predicted octanol–water partition coefficient (Wildman–Crippen LogP) is 2.54. The molecule has 4 heterocycles. The molecular formula is C20H32N2O3. The first-order valence-electron chi connectivity index (χ1n) is 10.0. The van der Waals surface area contributed by atoms with E-state index in [4.69, 9.17) is 13.9 Å². The summed E-state index contributed by atoms with van der Waals surface area (Å²) in [7, 11) is 0. The van der Waals surface area contributed by atoms with E-state index in [-0.39, 0.29) is 0 Å². The van der Waals surface area contributed by atoms with Crippen LogP contribution in [0, 0.1) is 5.92 Å². The number of likely N-dealkylation sites (tertiary alicyclic amines) is 1. The fraction of sp³-hybridized carbons (Fsp3) is 0.800. The lowest BCUT2D eigenvalue weighted by Crippen LogP contribution is -2.48. The van der Waals surface area contributed by atoms with Crippen LogP contribution in [0.3, 0.4) is 0 Å². The molecule has 0 aliphatic carbocycles. The van der Waals surface area contributed by atoms with Gasteiger partial charge in [-0.25, -0.2) is 0 Å². The molecule has 25 heavy (non-hydrogen) atoms. The molecule has 0 amide bonds. The lowest BCUT2D eigenvalue weighted by atomic mass is 9.92. The first-order valence-corrected chi connectivity index (χ1v) is 10.0. The maximum Gasteiger partial charge on any atom is 0.118 e. The molecular weight excluding hydrogens is 316 g/mol. The van der Waals surface area contributed by atoms with Gasteiger partial charge in [0.15, 0.2) is 0 Å². The number of hydrogen-bond donors (Lipinski definition) is 0. The summed E-state index contributed by atoms with van der Waals surface area (Å²) in [5.41, 5.74) is 0. The summed E-state index contributed by atoms with van der Waals surface area (Å²) in [4.78, 5) is 5.19. The van der Waals surface area contributed by atoms with E-state index < -0.39 is 0 Å². The maximum atomic E-state index is 6.28. The van der Waals surface area contributed by atoms with Crippen molar-refractivity contribution in [1.82, 2.24) is 9.80 Å². The monoisotopic (exact) mass is 348 g/mol. The Morgan fingerprint density at radius 2 is 1.84 bits per heavy atom. The Kier molecular flexibility index (Phi) is 5.76. The minimum absolute atomic E-state index is 0.374. The van der Waals surface area contributed by atoms with E-state index in [2.05, 4.69) is 28.9 Å². The van der Waals surface area contributed by atoms with Gasteiger partial charge >= 0.3 is 0 Å². The molecule has 1 aromatic rings. The van der Waals surface area contributed by atoms with Crippen molar-refractivity contribution in [1.29, 1.82) is 0 Å². The molecule has 3 saturated heterocycles. The van der Waals surface area contributed by atoms with Crippen LogP contribution in [0.15, 0.2) is 16.5 Å². The topological polar surface area (TPSA) is 38.1 Å². The van der Waals surface area contributed by atoms with Crippen molar-refractivity contribution in [2.45, 2.75) is 51.3 Å². The smallest absolute Gasteiger partial charge is 0.118 e. The minimum Gasteiger partial charge on any atom is -0.465 e. The first kappa shape index (κ1) is 17.5. The molecule has 0 spiro atoms. The van der Waals surface area contributed by atoms with Crippen LogP contribution < -0.4 is 0 Å². The second-order valence-corrected chi connectivity index (χ2v) is 7.75. The normalized spacial score (nSPS) is 30.1. The Hall–Kier alpha value is -0.880. The van der Waals surface area contributed by atoms with Crippen LogP contribution in [0.2, 0.25) is 0 Å². The van der Waals surface area contributed by atoms with Crippen molar-refractivity contribution in [3.8, 4) is 0 Å². The second-order valence-electron chi connectivity index (χ2n) is 7.75. The highest BCUT2D eigenvalue weighted by atomic mass is 16.5. The average Bonchev–Trinajstić information content (AvgIpc) is 3.00. The SMILES string of the molecule is CCc1ccc(CN2CC[C@@H]3CN(C4CCOCC4)CCO[C@@H]3C2)o1. The van der Waals surface area contributed by atoms with E-state index in [1.807, 2.05) is 0 Å². The number of fused-ring (bicyclic) bond motifs is 1. The highest BCUT2D eigenvalue weighted by Gasteiger charge is 2.35. The summed E-state index contributed by atoms with van der Waals surface area (Å²) in [6.45, 7) is 10.2. The van der Waals surface area contributed by atoms with Crippen LogP contribution in [-0.2, 0) is 22.4 Å². The van der Waals surface area contributed by atoms with Crippen molar-refractivity contribution in [3.05, 3.63) is 23.7 Å². The van der Waals surface area contributed by atoms with Crippen molar-refractivity contribution in [2.24, 2.45) is 5.92 Å². The van der Waals surface area contributed by atoms with Gasteiger partial charge in [-0.3, -0.25) is 9.80 Å². The summed E-state index contributed by atoms with van der Waals surface area (Å²) >= 11 is 0. The fourth-order valence-electron chi connectivity index (χ4n) is 4.58. The third-order valence-electron chi connectivity index (χ3n) is 6.11. The van der Waals surface area contributed by atoms with Crippen molar-refractivity contribution < 1.29 is 13.9 Å². The Bertz CT molecular complexity index is 541. The quantitative estimate of drug-likeness (QED) is 0.836. The highest BCUT2D eigenvalue weighted by Crippen LogP contribution is 2.28. The van der Waals surface area contributed by atoms with Crippen molar-refractivity contribution >= 4 is 0 Å². The van der Waals surface area contributed by atoms with E-state index in [1.54, 1.807) is 0 Å². The Morgan fingerprint density at radius 3 is 2.64 bits per heavy atom. The van der Waals surface area contributed by atoms with Crippen LogP contribution in [0.4, 0.5) is 0 Å². The standard InChI is InChI=1S/C20H32N2O3/c1-2-18-3-4-19(25-18)14-21-8-5-16-13-22(9-12-24-20(16)15-21)17-6-10-23-11-7-17/h3-4,16-17,20H,2,5-15H2,1H3/t16-,20-/m1/s1. The Balaban J connectivity index is 1.32. The summed E-state index contributed by atoms with van der Waals surface area (Å²) in [5, 5.41) is 0. The summed E-state index contributed by atoms with van der Waals surface area (Å²) in [6, 6.07) is 4.94. The summed E-state index contributed by atoms with van der Waals surface area (Å²) in [5.74, 6) is 2.85. The van der Waals surface area contributed by atoms with Gasteiger partial charge in [0.05, 0.1) is 19.3 Å². The lowest BCUT2D eigenvalue weighted by Gasteiger charge is -2.39. The third kappa shape index (κ3) is 4.27. The average molecular weight is 348 g/mol. The number of ether oxygens (including phenoxy) is 2. The maximum absolute atomic E-state index is 6.28. The van der Waals surface area contributed by atoms with Crippen LogP contribution in [0.25, 0.3) is 0 Å². The number of piperidine rings is 1. The van der Waals surface area contributed by atoms with E-state index in [1.165, 1.54) is 25.8 Å². The number of hydrogen-bond acceptors (Lipinski definition) is 5. The molecule has 2 atom stereocenters. The van der Waals surface area contributed by atoms with Gasteiger partial charge in [-0.15, -0.1) is 0 Å². The van der Waals surface area contributed by atoms with E-state index >= 15 is 0 Å². The van der Waals surface area contributed by atoms with Crippen molar-refractivity contribution in [3.63, 3.8) is 0 Å². The van der Waals surface area contributed by atoms with Crippen LogP contribution in [0.5, 0.6) is 0 Å². The zero-order chi connectivity index (χ0) is 17.1. The predicted molar refractivity (Wildman–Crippen MR) is 96.6 cm³/mol. The Morgan fingerprint density at radius 1 is 1.00 bits per heavy atom. The highest BCUT2D eigenvalue weighted by molar-refractivity contribution is 5.07. The molecule has 0 saturated carbocycles. The summed E-state index contributed by atoms with van der Waals surface area (Å²) < 4.78 is 17.7.